The van der Waals surface area contributed by atoms with E-state index in [1.165, 1.54) is 18.3 Å². The van der Waals surface area contributed by atoms with Crippen LogP contribution in [0.5, 0.6) is 0 Å². The van der Waals surface area contributed by atoms with Gasteiger partial charge in [-0.25, -0.2) is 5.43 Å². The number of amides is 1. The normalized spacial score (nSPS) is 12.0. The predicted molar refractivity (Wildman–Crippen MR) is 90.4 cm³/mol. The number of carbonyl (C=O) groups excluding carboxylic acids is 1. The smallest absolute Gasteiger partial charge is 0.416 e. The minimum Gasteiger partial charge on any atom is -0.451 e. The third kappa shape index (κ3) is 4.08. The van der Waals surface area contributed by atoms with Gasteiger partial charge in [-0.15, -0.1) is 0 Å². The van der Waals surface area contributed by atoms with Crippen molar-refractivity contribution in [3.63, 3.8) is 0 Å². The molecule has 0 spiro atoms. The molecule has 1 aromatic heterocycles. The van der Waals surface area contributed by atoms with E-state index < -0.39 is 17.6 Å². The zero-order valence-corrected chi connectivity index (χ0v) is 14.1. The van der Waals surface area contributed by atoms with E-state index in [1.54, 1.807) is 24.3 Å². The molecule has 1 amide bonds. The Bertz CT molecular complexity index is 947. The van der Waals surface area contributed by atoms with Crippen LogP contribution < -0.4 is 5.43 Å². The van der Waals surface area contributed by atoms with Gasteiger partial charge >= 0.3 is 12.1 Å². The number of halogens is 4. The van der Waals surface area contributed by atoms with E-state index in [-0.39, 0.29) is 5.76 Å². The Balaban J connectivity index is 1.67. The molecule has 0 radical (unpaired) electrons. The van der Waals surface area contributed by atoms with Crippen molar-refractivity contribution in [1.82, 2.24) is 5.43 Å². The minimum absolute atomic E-state index is 0.0812. The molecule has 0 unspecified atom stereocenters. The monoisotopic (exact) mass is 410 g/mol. The van der Waals surface area contributed by atoms with Crippen molar-refractivity contribution in [2.24, 2.45) is 5.10 Å². The van der Waals surface area contributed by atoms with Crippen LogP contribution in [-0.4, -0.2) is 12.1 Å². The lowest BCUT2D eigenvalue weighted by molar-refractivity contribution is -0.137. The number of nitrogens with zero attached hydrogens (tertiary/aromatic N) is 1. The number of hydrogen-bond donors (Lipinski definition) is 1. The van der Waals surface area contributed by atoms with Crippen molar-refractivity contribution >= 4 is 39.0 Å². The summed E-state index contributed by atoms with van der Waals surface area (Å²) in [5.41, 5.74) is 2.50. The molecular formula is C17H10BrF3N2O2. The Labute approximate surface area is 148 Å². The summed E-state index contributed by atoms with van der Waals surface area (Å²) in [6.07, 6.45) is -3.14. The summed E-state index contributed by atoms with van der Waals surface area (Å²) in [5, 5.41) is 4.48. The molecule has 0 saturated carbocycles. The largest absolute Gasteiger partial charge is 0.451 e. The molecule has 0 fully saturated rings. The number of hydrazone groups is 1. The van der Waals surface area contributed by atoms with Crippen LogP contribution in [0.2, 0.25) is 0 Å². The molecule has 3 rings (SSSR count). The predicted octanol–water partition coefficient (Wildman–Crippen LogP) is 4.98. The summed E-state index contributed by atoms with van der Waals surface area (Å²) in [6.45, 7) is 0. The molecule has 1 heterocycles. The number of furan rings is 1. The first kappa shape index (κ1) is 17.2. The van der Waals surface area contributed by atoms with Crippen LogP contribution in [0.4, 0.5) is 13.2 Å². The maximum Gasteiger partial charge on any atom is 0.416 e. The first-order valence-corrected chi connectivity index (χ1v) is 7.82. The van der Waals surface area contributed by atoms with E-state index in [4.69, 9.17) is 4.42 Å². The van der Waals surface area contributed by atoms with Crippen LogP contribution in [0.3, 0.4) is 0 Å². The van der Waals surface area contributed by atoms with E-state index in [1.807, 2.05) is 0 Å². The average molecular weight is 411 g/mol. The Morgan fingerprint density at radius 2 is 1.84 bits per heavy atom. The fraction of sp³-hybridized carbons (Fsp3) is 0.0588. The molecule has 0 aliphatic heterocycles. The zero-order valence-electron chi connectivity index (χ0n) is 12.5. The molecule has 0 aliphatic carbocycles. The average Bonchev–Trinajstić information content (AvgIpc) is 2.97. The summed E-state index contributed by atoms with van der Waals surface area (Å²) in [6, 6.07) is 11.3. The number of fused-ring (bicyclic) bond motifs is 1. The SMILES string of the molecule is O=C(N/N=C\c1ccc(C(F)(F)F)cc1)c1cc2cc(Br)ccc2o1. The highest BCUT2D eigenvalue weighted by Crippen LogP contribution is 2.28. The summed E-state index contributed by atoms with van der Waals surface area (Å²) in [5.74, 6) is -0.479. The second-order valence-electron chi connectivity index (χ2n) is 5.11. The standard InChI is InChI=1S/C17H10BrF3N2O2/c18-13-5-6-14-11(7-13)8-15(25-14)16(24)23-22-9-10-1-3-12(4-2-10)17(19,20)21/h1-9H,(H,23,24)/b22-9-. The number of nitrogens with one attached hydrogen (secondary N) is 1. The lowest BCUT2D eigenvalue weighted by atomic mass is 10.1. The maximum atomic E-state index is 12.5. The van der Waals surface area contributed by atoms with Crippen molar-refractivity contribution in [2.75, 3.05) is 0 Å². The molecule has 4 nitrogen and oxygen atoms in total. The fourth-order valence-electron chi connectivity index (χ4n) is 2.10. The molecule has 1 N–H and O–H groups in total. The highest BCUT2D eigenvalue weighted by Gasteiger charge is 2.29. The van der Waals surface area contributed by atoms with Crippen molar-refractivity contribution in [3.8, 4) is 0 Å². The Morgan fingerprint density at radius 1 is 1.12 bits per heavy atom. The van der Waals surface area contributed by atoms with Gasteiger partial charge in [0.2, 0.25) is 0 Å². The molecule has 0 saturated heterocycles. The summed E-state index contributed by atoms with van der Waals surface area (Å²) in [7, 11) is 0. The second-order valence-corrected chi connectivity index (χ2v) is 6.03. The molecule has 2 aromatic carbocycles. The van der Waals surface area contributed by atoms with Gasteiger partial charge in [-0.2, -0.15) is 18.3 Å². The van der Waals surface area contributed by atoms with Gasteiger partial charge in [-0.05, 0) is 42.0 Å². The third-order valence-electron chi connectivity index (χ3n) is 3.32. The van der Waals surface area contributed by atoms with Crippen LogP contribution in [-0.2, 0) is 6.18 Å². The summed E-state index contributed by atoms with van der Waals surface area (Å²) >= 11 is 3.33. The quantitative estimate of drug-likeness (QED) is 0.489. The van der Waals surface area contributed by atoms with E-state index in [2.05, 4.69) is 26.5 Å². The molecule has 25 heavy (non-hydrogen) atoms. The Kier molecular flexibility index (Phi) is 4.63. The van der Waals surface area contributed by atoms with Crippen LogP contribution >= 0.6 is 15.9 Å². The highest BCUT2D eigenvalue weighted by molar-refractivity contribution is 9.10. The fourth-order valence-corrected chi connectivity index (χ4v) is 2.48. The van der Waals surface area contributed by atoms with Gasteiger partial charge in [0.15, 0.2) is 5.76 Å². The number of benzene rings is 2. The summed E-state index contributed by atoms with van der Waals surface area (Å²) in [4.78, 5) is 12.0. The Morgan fingerprint density at radius 3 is 2.52 bits per heavy atom. The third-order valence-corrected chi connectivity index (χ3v) is 3.81. The summed E-state index contributed by atoms with van der Waals surface area (Å²) < 4.78 is 43.7. The molecule has 8 heteroatoms. The van der Waals surface area contributed by atoms with Crippen molar-refractivity contribution in [3.05, 3.63) is 69.9 Å². The van der Waals surface area contributed by atoms with Gasteiger partial charge < -0.3 is 4.42 Å². The van der Waals surface area contributed by atoms with Crippen LogP contribution in [0, 0.1) is 0 Å². The van der Waals surface area contributed by atoms with Crippen molar-refractivity contribution < 1.29 is 22.4 Å². The molecule has 0 aliphatic rings. The number of hydrogen-bond acceptors (Lipinski definition) is 3. The van der Waals surface area contributed by atoms with Gasteiger partial charge in [0.05, 0.1) is 11.8 Å². The van der Waals surface area contributed by atoms with Crippen molar-refractivity contribution in [2.45, 2.75) is 6.18 Å². The first-order chi connectivity index (χ1) is 11.8. The van der Waals surface area contributed by atoms with Gasteiger partial charge in [-0.1, -0.05) is 28.1 Å². The van der Waals surface area contributed by atoms with Crippen LogP contribution in [0.25, 0.3) is 11.0 Å². The van der Waals surface area contributed by atoms with Gasteiger partial charge in [-0.3, -0.25) is 4.79 Å². The number of alkyl halides is 3. The maximum absolute atomic E-state index is 12.5. The van der Waals surface area contributed by atoms with E-state index >= 15 is 0 Å². The molecule has 0 atom stereocenters. The van der Waals surface area contributed by atoms with Crippen molar-refractivity contribution in [1.29, 1.82) is 0 Å². The number of carbonyl (C=O) groups is 1. The van der Waals surface area contributed by atoms with Gasteiger partial charge in [0.1, 0.15) is 5.58 Å². The van der Waals surface area contributed by atoms with Gasteiger partial charge in [0, 0.05) is 9.86 Å². The topological polar surface area (TPSA) is 54.6 Å². The lowest BCUT2D eigenvalue weighted by Crippen LogP contribution is -2.16. The Hall–Kier alpha value is -2.61. The van der Waals surface area contributed by atoms with Crippen LogP contribution in [0.15, 0.2) is 62.5 Å². The molecule has 128 valence electrons. The van der Waals surface area contributed by atoms with E-state index in [0.717, 1.165) is 22.0 Å². The lowest BCUT2D eigenvalue weighted by Gasteiger charge is -2.05. The second kappa shape index (κ2) is 6.72. The first-order valence-electron chi connectivity index (χ1n) is 7.03. The van der Waals surface area contributed by atoms with E-state index in [0.29, 0.717) is 11.1 Å². The number of rotatable bonds is 3. The molecule has 0 bridgehead atoms. The van der Waals surface area contributed by atoms with Crippen LogP contribution in [0.1, 0.15) is 21.7 Å². The molecule has 3 aromatic rings. The van der Waals surface area contributed by atoms with Gasteiger partial charge in [0.25, 0.3) is 0 Å². The minimum atomic E-state index is -4.39. The van der Waals surface area contributed by atoms with E-state index in [9.17, 15) is 18.0 Å². The highest BCUT2D eigenvalue weighted by atomic mass is 79.9. The molecular weight excluding hydrogens is 401 g/mol. The zero-order chi connectivity index (χ0) is 18.0.